The minimum absolute atomic E-state index is 0.446. The molecule has 0 spiro atoms. The van der Waals surface area contributed by atoms with Gasteiger partial charge in [-0.25, -0.2) is 9.97 Å². The van der Waals surface area contributed by atoms with Crippen molar-refractivity contribution in [2.24, 2.45) is 0 Å². The summed E-state index contributed by atoms with van der Waals surface area (Å²) in [5, 5.41) is 3.72. The molecule has 2 aromatic rings. The molecule has 1 aromatic carbocycles. The first kappa shape index (κ1) is 17.2. The average Bonchev–Trinajstić information content (AvgIpc) is 3.01. The number of hydrogen-bond acceptors (Lipinski definition) is 4. The summed E-state index contributed by atoms with van der Waals surface area (Å²) in [5.74, 6) is 1.47. The summed E-state index contributed by atoms with van der Waals surface area (Å²) in [7, 11) is 0. The third-order valence-electron chi connectivity index (χ3n) is 5.69. The van der Waals surface area contributed by atoms with Crippen LogP contribution in [0.25, 0.3) is 5.57 Å². The highest BCUT2D eigenvalue weighted by molar-refractivity contribution is 5.79. The lowest BCUT2D eigenvalue weighted by Gasteiger charge is -2.33. The molecule has 4 nitrogen and oxygen atoms in total. The van der Waals surface area contributed by atoms with Crippen molar-refractivity contribution in [3.8, 4) is 0 Å². The van der Waals surface area contributed by atoms with Crippen molar-refractivity contribution in [3.05, 3.63) is 59.6 Å². The fourth-order valence-corrected chi connectivity index (χ4v) is 4.22. The van der Waals surface area contributed by atoms with Crippen LogP contribution in [0.2, 0.25) is 0 Å². The predicted octanol–water partition coefficient (Wildman–Crippen LogP) is 4.46. The smallest absolute Gasteiger partial charge is 0.137 e. The molecule has 2 heterocycles. The number of nitrogens with zero attached hydrogens (tertiary/aromatic N) is 3. The van der Waals surface area contributed by atoms with E-state index in [0.29, 0.717) is 12.0 Å². The molecular formula is C22H28N4. The number of anilines is 1. The van der Waals surface area contributed by atoms with Crippen LogP contribution >= 0.6 is 0 Å². The van der Waals surface area contributed by atoms with Crippen molar-refractivity contribution < 1.29 is 0 Å². The molecule has 1 fully saturated rings. The van der Waals surface area contributed by atoms with Gasteiger partial charge in [0.05, 0.1) is 5.69 Å². The lowest BCUT2D eigenvalue weighted by molar-refractivity contribution is 0.211. The molecule has 0 bridgehead atoms. The molecule has 1 aliphatic carbocycles. The zero-order valence-corrected chi connectivity index (χ0v) is 15.8. The van der Waals surface area contributed by atoms with Crippen LogP contribution in [0, 0.1) is 0 Å². The van der Waals surface area contributed by atoms with E-state index in [9.17, 15) is 0 Å². The van der Waals surface area contributed by atoms with Gasteiger partial charge in [-0.15, -0.1) is 0 Å². The van der Waals surface area contributed by atoms with Crippen molar-refractivity contribution in [2.45, 2.75) is 51.6 Å². The molecule has 0 radical (unpaired) electrons. The molecule has 2 aliphatic rings. The van der Waals surface area contributed by atoms with E-state index in [1.54, 1.807) is 6.33 Å². The molecule has 26 heavy (non-hydrogen) atoms. The van der Waals surface area contributed by atoms with Crippen molar-refractivity contribution >= 4 is 11.4 Å². The second-order valence-corrected chi connectivity index (χ2v) is 7.53. The quantitative estimate of drug-likeness (QED) is 0.866. The highest BCUT2D eigenvalue weighted by atomic mass is 15.1. The van der Waals surface area contributed by atoms with Crippen LogP contribution in [0.3, 0.4) is 0 Å². The van der Waals surface area contributed by atoms with Gasteiger partial charge in [0.15, 0.2) is 0 Å². The third kappa shape index (κ3) is 3.51. The van der Waals surface area contributed by atoms with Gasteiger partial charge in [0.1, 0.15) is 12.1 Å². The van der Waals surface area contributed by atoms with Gasteiger partial charge < -0.3 is 5.32 Å². The lowest BCUT2D eigenvalue weighted by atomic mass is 10.0. The first-order valence-electron chi connectivity index (χ1n) is 9.81. The molecule has 1 atom stereocenters. The normalized spacial score (nSPS) is 20.7. The molecule has 1 N–H and O–H groups in total. The van der Waals surface area contributed by atoms with Crippen LogP contribution in [0.15, 0.2) is 42.7 Å². The van der Waals surface area contributed by atoms with E-state index in [1.165, 1.54) is 22.4 Å². The highest BCUT2D eigenvalue weighted by Gasteiger charge is 2.27. The minimum atomic E-state index is 0.446. The van der Waals surface area contributed by atoms with E-state index in [1.807, 2.05) is 0 Å². The summed E-state index contributed by atoms with van der Waals surface area (Å²) in [6.45, 7) is 7.72. The van der Waals surface area contributed by atoms with Crippen LogP contribution in [0.4, 0.5) is 5.82 Å². The number of piperidine rings is 1. The van der Waals surface area contributed by atoms with E-state index in [4.69, 9.17) is 0 Å². The topological polar surface area (TPSA) is 41.0 Å². The van der Waals surface area contributed by atoms with Gasteiger partial charge in [0.2, 0.25) is 0 Å². The zero-order valence-electron chi connectivity index (χ0n) is 15.8. The Morgan fingerprint density at radius 3 is 2.62 bits per heavy atom. The van der Waals surface area contributed by atoms with Gasteiger partial charge in [-0.3, -0.25) is 4.90 Å². The van der Waals surface area contributed by atoms with E-state index >= 15 is 0 Å². The zero-order chi connectivity index (χ0) is 17.9. The van der Waals surface area contributed by atoms with Gasteiger partial charge in [-0.05, 0) is 37.3 Å². The van der Waals surface area contributed by atoms with E-state index in [-0.39, 0.29) is 0 Å². The van der Waals surface area contributed by atoms with Gasteiger partial charge in [-0.1, -0.05) is 43.3 Å². The second kappa shape index (κ2) is 7.58. The molecular weight excluding hydrogens is 320 g/mol. The van der Waals surface area contributed by atoms with Crippen LogP contribution in [-0.2, 0) is 6.54 Å². The number of benzene rings is 1. The van der Waals surface area contributed by atoms with Gasteiger partial charge in [-0.2, -0.15) is 0 Å². The number of fused-ring (bicyclic) bond motifs is 1. The molecule has 136 valence electrons. The fraction of sp³-hybridized carbons (Fsp3) is 0.455. The number of hydrogen-bond donors (Lipinski definition) is 1. The molecule has 1 aromatic heterocycles. The molecule has 1 saturated heterocycles. The molecule has 4 rings (SSSR count). The van der Waals surface area contributed by atoms with Gasteiger partial charge in [0.25, 0.3) is 0 Å². The lowest BCUT2D eigenvalue weighted by Crippen LogP contribution is -2.39. The molecule has 1 unspecified atom stereocenters. The Kier molecular flexibility index (Phi) is 5.02. The maximum Gasteiger partial charge on any atom is 0.137 e. The summed E-state index contributed by atoms with van der Waals surface area (Å²) in [5.41, 5.74) is 5.16. The Morgan fingerprint density at radius 2 is 1.88 bits per heavy atom. The summed E-state index contributed by atoms with van der Waals surface area (Å²) in [4.78, 5) is 11.7. The Bertz CT molecular complexity index is 776. The van der Waals surface area contributed by atoms with E-state index < -0.39 is 0 Å². The van der Waals surface area contributed by atoms with Crippen LogP contribution in [0.5, 0.6) is 0 Å². The van der Waals surface area contributed by atoms with Crippen LogP contribution in [0.1, 0.15) is 55.8 Å². The molecule has 0 amide bonds. The van der Waals surface area contributed by atoms with Crippen LogP contribution in [-0.4, -0.2) is 34.0 Å². The maximum absolute atomic E-state index is 4.57. The Labute approximate surface area is 156 Å². The van der Waals surface area contributed by atoms with Crippen molar-refractivity contribution in [1.82, 2.24) is 14.9 Å². The monoisotopic (exact) mass is 348 g/mol. The Hall–Kier alpha value is -2.20. The first-order valence-corrected chi connectivity index (χ1v) is 9.81. The number of nitrogens with one attached hydrogen (secondary N) is 1. The van der Waals surface area contributed by atoms with Crippen molar-refractivity contribution in [2.75, 3.05) is 18.4 Å². The standard InChI is InChI=1S/C22H28N4/c1-3-18-13-16(2)20-21(18)23-15-24-22(20)25-19-9-11-26(12-10-19)14-17-7-5-4-6-8-17/h4-8,13,15,18-19H,3,9-12,14H2,1-2H3,(H,23,24,25). The van der Waals surface area contributed by atoms with Gasteiger partial charge in [0, 0.05) is 37.2 Å². The van der Waals surface area contributed by atoms with Crippen molar-refractivity contribution in [1.29, 1.82) is 0 Å². The van der Waals surface area contributed by atoms with Gasteiger partial charge >= 0.3 is 0 Å². The first-order chi connectivity index (χ1) is 12.7. The average molecular weight is 348 g/mol. The van der Waals surface area contributed by atoms with Crippen molar-refractivity contribution in [3.63, 3.8) is 0 Å². The predicted molar refractivity (Wildman–Crippen MR) is 107 cm³/mol. The second-order valence-electron chi connectivity index (χ2n) is 7.53. The Balaban J connectivity index is 1.38. The third-order valence-corrected chi connectivity index (χ3v) is 5.69. The largest absolute Gasteiger partial charge is 0.367 e. The maximum atomic E-state index is 4.57. The minimum Gasteiger partial charge on any atom is -0.367 e. The summed E-state index contributed by atoms with van der Waals surface area (Å²) < 4.78 is 0. The number of aromatic nitrogens is 2. The summed E-state index contributed by atoms with van der Waals surface area (Å²) in [6, 6.07) is 11.3. The van der Waals surface area contributed by atoms with E-state index in [0.717, 1.165) is 44.7 Å². The van der Waals surface area contributed by atoms with E-state index in [2.05, 4.69) is 70.4 Å². The Morgan fingerprint density at radius 1 is 1.12 bits per heavy atom. The van der Waals surface area contributed by atoms with Crippen LogP contribution < -0.4 is 5.32 Å². The number of allylic oxidation sites excluding steroid dienone is 2. The summed E-state index contributed by atoms with van der Waals surface area (Å²) in [6.07, 6.45) is 7.48. The molecule has 4 heteroatoms. The summed E-state index contributed by atoms with van der Waals surface area (Å²) >= 11 is 0. The molecule has 1 aliphatic heterocycles. The fourth-order valence-electron chi connectivity index (χ4n) is 4.22. The number of rotatable bonds is 5. The number of likely N-dealkylation sites (tertiary alicyclic amines) is 1. The molecule has 0 saturated carbocycles. The highest BCUT2D eigenvalue weighted by Crippen LogP contribution is 2.39. The SMILES string of the molecule is CCC1C=C(C)c2c(NC3CCN(Cc4ccccc4)CC3)ncnc21.